The molecule has 9 heteroatoms. The number of morpholine rings is 1. The van der Waals surface area contributed by atoms with Crippen molar-refractivity contribution >= 4 is 22.8 Å². The Morgan fingerprint density at radius 1 is 1.03 bits per heavy atom. The standard InChI is InChI=1S/C29H25F3N4O2/c30-19-10-18(11-20(31)13-19)23-14-34-26-5-4-17(21-2-1-3-25(32)24(21)15-35-37)12-22(26)29(23)36-8-6-27-28(16-36)38-9-7-33-27/h1-5,10-15,27-28,33,37H,6-9,16H2. The number of rotatable bonds is 4. The molecule has 38 heavy (non-hydrogen) atoms. The van der Waals surface area contributed by atoms with Crippen molar-refractivity contribution in [3.05, 3.63) is 83.8 Å². The molecular formula is C29H25F3N4O2. The predicted molar refractivity (Wildman–Crippen MR) is 140 cm³/mol. The molecule has 2 aliphatic rings. The molecule has 0 bridgehead atoms. The van der Waals surface area contributed by atoms with E-state index in [1.54, 1.807) is 18.3 Å². The van der Waals surface area contributed by atoms with E-state index in [4.69, 9.17) is 9.94 Å². The molecule has 2 fully saturated rings. The summed E-state index contributed by atoms with van der Waals surface area (Å²) in [6.07, 6.45) is 3.52. The quantitative estimate of drug-likeness (QED) is 0.216. The number of ether oxygens (including phenoxy) is 1. The third-order valence-electron chi connectivity index (χ3n) is 7.28. The van der Waals surface area contributed by atoms with E-state index in [9.17, 15) is 13.2 Å². The molecule has 0 saturated carbocycles. The highest BCUT2D eigenvalue weighted by atomic mass is 19.1. The lowest BCUT2D eigenvalue weighted by Gasteiger charge is -2.43. The average molecular weight is 519 g/mol. The molecule has 2 aliphatic heterocycles. The van der Waals surface area contributed by atoms with Crippen molar-refractivity contribution in [3.8, 4) is 22.3 Å². The van der Waals surface area contributed by atoms with Crippen molar-refractivity contribution in [2.24, 2.45) is 5.16 Å². The molecule has 2 atom stereocenters. The zero-order valence-corrected chi connectivity index (χ0v) is 20.4. The van der Waals surface area contributed by atoms with E-state index in [0.717, 1.165) is 36.3 Å². The first-order chi connectivity index (χ1) is 18.5. The molecule has 2 saturated heterocycles. The Morgan fingerprint density at radius 3 is 2.68 bits per heavy atom. The minimum atomic E-state index is -0.675. The fraction of sp³-hybridized carbons (Fsp3) is 0.241. The number of oxime groups is 1. The number of pyridine rings is 1. The molecule has 0 aliphatic carbocycles. The summed E-state index contributed by atoms with van der Waals surface area (Å²) in [7, 11) is 0. The first kappa shape index (κ1) is 24.4. The molecule has 0 spiro atoms. The SMILES string of the molecule is ON=Cc1c(F)cccc1-c1ccc2ncc(-c3cc(F)cc(F)c3)c(N3CCC4NCCOC4C3)c2c1. The molecule has 2 unspecified atom stereocenters. The smallest absolute Gasteiger partial charge is 0.132 e. The largest absolute Gasteiger partial charge is 0.411 e. The second kappa shape index (κ2) is 10.1. The highest BCUT2D eigenvalue weighted by Crippen LogP contribution is 2.40. The lowest BCUT2D eigenvalue weighted by molar-refractivity contribution is -0.00896. The number of halogens is 3. The van der Waals surface area contributed by atoms with Gasteiger partial charge in [-0.1, -0.05) is 23.4 Å². The first-order valence-corrected chi connectivity index (χ1v) is 12.5. The van der Waals surface area contributed by atoms with Crippen molar-refractivity contribution < 1.29 is 23.1 Å². The fourth-order valence-electron chi connectivity index (χ4n) is 5.56. The third-order valence-corrected chi connectivity index (χ3v) is 7.28. The maximum Gasteiger partial charge on any atom is 0.132 e. The van der Waals surface area contributed by atoms with Crippen LogP contribution >= 0.6 is 0 Å². The second-order valence-corrected chi connectivity index (χ2v) is 9.56. The molecule has 4 aromatic rings. The van der Waals surface area contributed by atoms with E-state index in [1.807, 2.05) is 18.2 Å². The van der Waals surface area contributed by atoms with Crippen LogP contribution in [-0.4, -0.2) is 54.8 Å². The van der Waals surface area contributed by atoms with E-state index in [1.165, 1.54) is 18.2 Å². The maximum absolute atomic E-state index is 14.6. The van der Waals surface area contributed by atoms with Gasteiger partial charge < -0.3 is 20.2 Å². The van der Waals surface area contributed by atoms with Gasteiger partial charge in [0.15, 0.2) is 0 Å². The van der Waals surface area contributed by atoms with Crippen LogP contribution in [0.4, 0.5) is 18.9 Å². The lowest BCUT2D eigenvalue weighted by atomic mass is 9.93. The number of aromatic nitrogens is 1. The van der Waals surface area contributed by atoms with E-state index in [-0.39, 0.29) is 17.7 Å². The van der Waals surface area contributed by atoms with Crippen LogP contribution in [0.1, 0.15) is 12.0 Å². The van der Waals surface area contributed by atoms with E-state index in [0.29, 0.717) is 47.5 Å². The summed E-state index contributed by atoms with van der Waals surface area (Å²) in [5.41, 5.74) is 3.80. The Morgan fingerprint density at radius 2 is 1.87 bits per heavy atom. The van der Waals surface area contributed by atoms with Gasteiger partial charge >= 0.3 is 0 Å². The molecule has 0 amide bonds. The number of piperidine rings is 1. The minimum Gasteiger partial charge on any atom is -0.411 e. The van der Waals surface area contributed by atoms with Crippen LogP contribution in [0.15, 0.2) is 65.9 Å². The third kappa shape index (κ3) is 4.48. The van der Waals surface area contributed by atoms with Gasteiger partial charge in [0.2, 0.25) is 0 Å². The Hall–Kier alpha value is -3.95. The molecule has 1 aromatic heterocycles. The highest BCUT2D eigenvalue weighted by Gasteiger charge is 2.33. The van der Waals surface area contributed by atoms with Crippen molar-refractivity contribution in [2.45, 2.75) is 18.6 Å². The number of fused-ring (bicyclic) bond motifs is 2. The molecule has 6 nitrogen and oxygen atoms in total. The van der Waals surface area contributed by atoms with Gasteiger partial charge in [-0.2, -0.15) is 0 Å². The summed E-state index contributed by atoms with van der Waals surface area (Å²) in [5, 5.41) is 16.4. The number of hydrogen-bond acceptors (Lipinski definition) is 6. The van der Waals surface area contributed by atoms with Gasteiger partial charge in [-0.05, 0) is 53.4 Å². The van der Waals surface area contributed by atoms with Crippen molar-refractivity contribution in [3.63, 3.8) is 0 Å². The summed E-state index contributed by atoms with van der Waals surface area (Å²) >= 11 is 0. The van der Waals surface area contributed by atoms with Crippen LogP contribution in [0.25, 0.3) is 33.2 Å². The second-order valence-electron chi connectivity index (χ2n) is 9.56. The molecule has 3 aromatic carbocycles. The minimum absolute atomic E-state index is 0.0309. The average Bonchev–Trinajstić information content (AvgIpc) is 2.92. The molecule has 0 radical (unpaired) electrons. The van der Waals surface area contributed by atoms with Gasteiger partial charge in [-0.3, -0.25) is 4.98 Å². The number of nitrogens with one attached hydrogen (secondary N) is 1. The zero-order valence-electron chi connectivity index (χ0n) is 20.4. The van der Waals surface area contributed by atoms with E-state index >= 15 is 0 Å². The summed E-state index contributed by atoms with van der Waals surface area (Å²) < 4.78 is 49.3. The van der Waals surface area contributed by atoms with Gasteiger partial charge in [0, 0.05) is 54.5 Å². The zero-order chi connectivity index (χ0) is 26.2. The van der Waals surface area contributed by atoms with Gasteiger partial charge in [-0.15, -0.1) is 0 Å². The normalized spacial score (nSPS) is 19.7. The molecular weight excluding hydrogens is 493 g/mol. The van der Waals surface area contributed by atoms with Gasteiger partial charge in [0.25, 0.3) is 0 Å². The van der Waals surface area contributed by atoms with Crippen LogP contribution in [0.3, 0.4) is 0 Å². The number of anilines is 1. The van der Waals surface area contributed by atoms with Crippen LogP contribution < -0.4 is 10.2 Å². The molecule has 194 valence electrons. The van der Waals surface area contributed by atoms with Gasteiger partial charge in [0.1, 0.15) is 17.5 Å². The number of nitrogens with zero attached hydrogens (tertiary/aromatic N) is 3. The summed E-state index contributed by atoms with van der Waals surface area (Å²) in [6.45, 7) is 2.72. The predicted octanol–water partition coefficient (Wildman–Crippen LogP) is 5.36. The highest BCUT2D eigenvalue weighted by molar-refractivity contribution is 6.02. The Kier molecular flexibility index (Phi) is 6.47. The van der Waals surface area contributed by atoms with Crippen molar-refractivity contribution in [2.75, 3.05) is 31.1 Å². The van der Waals surface area contributed by atoms with Crippen LogP contribution in [-0.2, 0) is 4.74 Å². The molecule has 3 heterocycles. The van der Waals surface area contributed by atoms with Crippen molar-refractivity contribution in [1.29, 1.82) is 0 Å². The monoisotopic (exact) mass is 518 g/mol. The number of hydrogen-bond donors (Lipinski definition) is 2. The van der Waals surface area contributed by atoms with Crippen LogP contribution in [0.5, 0.6) is 0 Å². The Balaban J connectivity index is 1.56. The van der Waals surface area contributed by atoms with Gasteiger partial charge in [-0.25, -0.2) is 13.2 Å². The topological polar surface area (TPSA) is 70.0 Å². The van der Waals surface area contributed by atoms with Crippen LogP contribution in [0.2, 0.25) is 0 Å². The first-order valence-electron chi connectivity index (χ1n) is 12.5. The van der Waals surface area contributed by atoms with Gasteiger partial charge in [0.05, 0.1) is 30.1 Å². The van der Waals surface area contributed by atoms with Crippen LogP contribution in [0, 0.1) is 17.5 Å². The Bertz CT molecular complexity index is 1520. The fourth-order valence-corrected chi connectivity index (χ4v) is 5.56. The van der Waals surface area contributed by atoms with Crippen molar-refractivity contribution in [1.82, 2.24) is 10.3 Å². The van der Waals surface area contributed by atoms with E-state index in [2.05, 4.69) is 20.4 Å². The molecule has 6 rings (SSSR count). The maximum atomic E-state index is 14.6. The summed E-state index contributed by atoms with van der Waals surface area (Å²) in [4.78, 5) is 6.79. The summed E-state index contributed by atoms with van der Waals surface area (Å²) in [6, 6.07) is 13.9. The van der Waals surface area contributed by atoms with E-state index < -0.39 is 17.5 Å². The molecule has 2 N–H and O–H groups in total. The summed E-state index contributed by atoms with van der Waals surface area (Å²) in [5.74, 6) is -1.87. The number of benzene rings is 3. The lowest BCUT2D eigenvalue weighted by Crippen LogP contribution is -2.57. The Labute approximate surface area is 217 Å².